The van der Waals surface area contributed by atoms with Crippen molar-refractivity contribution >= 4 is 5.91 Å². The molecule has 72 valence electrons. The zero-order chi connectivity index (χ0) is 9.90. The van der Waals surface area contributed by atoms with E-state index in [4.69, 9.17) is 6.42 Å². The first-order valence-electron chi connectivity index (χ1n) is 4.52. The highest BCUT2D eigenvalue weighted by Gasteiger charge is 2.32. The van der Waals surface area contributed by atoms with E-state index in [1.807, 2.05) is 18.7 Å². The average Bonchev–Trinajstić information content (AvgIpc) is 2.03. The molecule has 1 heterocycles. The van der Waals surface area contributed by atoms with Crippen molar-refractivity contribution in [2.24, 2.45) is 0 Å². The Labute approximate surface area is 79.5 Å². The Morgan fingerprint density at radius 1 is 1.69 bits per heavy atom. The highest BCUT2D eigenvalue weighted by Crippen LogP contribution is 2.16. The van der Waals surface area contributed by atoms with Gasteiger partial charge in [-0.05, 0) is 13.8 Å². The largest absolute Gasteiger partial charge is 0.334 e. The van der Waals surface area contributed by atoms with Crippen LogP contribution in [0.3, 0.4) is 0 Å². The average molecular weight is 180 g/mol. The number of piperazine rings is 1. The smallest absolute Gasteiger partial charge is 0.235 e. The van der Waals surface area contributed by atoms with Crippen molar-refractivity contribution in [3.05, 3.63) is 0 Å². The van der Waals surface area contributed by atoms with E-state index < -0.39 is 0 Å². The number of amides is 1. The molecule has 1 amide bonds. The number of hydrogen-bond acceptors (Lipinski definition) is 2. The van der Waals surface area contributed by atoms with E-state index in [9.17, 15) is 4.79 Å². The molecular weight excluding hydrogens is 164 g/mol. The minimum absolute atomic E-state index is 0.0639. The summed E-state index contributed by atoms with van der Waals surface area (Å²) in [6.45, 7) is 6.55. The van der Waals surface area contributed by atoms with Crippen LogP contribution in [0.15, 0.2) is 0 Å². The second kappa shape index (κ2) is 3.80. The number of hydrogen-bond donors (Lipinski definition) is 1. The molecule has 13 heavy (non-hydrogen) atoms. The summed E-state index contributed by atoms with van der Waals surface area (Å²) in [6, 6.07) is 0. The van der Waals surface area contributed by atoms with Gasteiger partial charge in [0.1, 0.15) is 0 Å². The predicted octanol–water partition coefficient (Wildman–Crippen LogP) is 0.220. The molecule has 0 saturated carbocycles. The first-order chi connectivity index (χ1) is 6.08. The van der Waals surface area contributed by atoms with Crippen LogP contribution in [0.25, 0.3) is 0 Å². The molecule has 0 unspecified atom stereocenters. The van der Waals surface area contributed by atoms with Gasteiger partial charge < -0.3 is 10.2 Å². The molecule has 0 aromatic heterocycles. The zero-order valence-corrected chi connectivity index (χ0v) is 8.26. The number of carbonyl (C=O) groups is 1. The van der Waals surface area contributed by atoms with Crippen LogP contribution >= 0.6 is 0 Å². The maximum atomic E-state index is 11.6. The molecule has 1 aliphatic rings. The molecule has 0 aliphatic carbocycles. The van der Waals surface area contributed by atoms with Crippen LogP contribution < -0.4 is 5.32 Å². The summed E-state index contributed by atoms with van der Waals surface area (Å²) in [5, 5.41) is 3.26. The van der Waals surface area contributed by atoms with Gasteiger partial charge in [0.2, 0.25) is 5.91 Å². The van der Waals surface area contributed by atoms with E-state index in [-0.39, 0.29) is 17.9 Å². The van der Waals surface area contributed by atoms with Gasteiger partial charge in [-0.25, -0.2) is 0 Å². The van der Waals surface area contributed by atoms with Gasteiger partial charge in [0.15, 0.2) is 0 Å². The van der Waals surface area contributed by atoms with Gasteiger partial charge in [0.25, 0.3) is 0 Å². The van der Waals surface area contributed by atoms with E-state index in [2.05, 4.69) is 11.2 Å². The Bertz CT molecular complexity index is 240. The van der Waals surface area contributed by atoms with Crippen molar-refractivity contribution in [1.82, 2.24) is 10.2 Å². The van der Waals surface area contributed by atoms with Gasteiger partial charge in [0.05, 0.1) is 6.42 Å². The van der Waals surface area contributed by atoms with E-state index in [0.717, 1.165) is 19.6 Å². The normalized spacial score (nSPS) is 20.8. The molecule has 0 spiro atoms. The van der Waals surface area contributed by atoms with E-state index >= 15 is 0 Å². The fraction of sp³-hybridized carbons (Fsp3) is 0.700. The number of carbonyl (C=O) groups excluding carboxylic acids is 1. The summed E-state index contributed by atoms with van der Waals surface area (Å²) in [4.78, 5) is 13.4. The third-order valence-electron chi connectivity index (χ3n) is 2.35. The Balaban J connectivity index is 2.66. The van der Waals surface area contributed by atoms with Crippen LogP contribution in [0, 0.1) is 12.3 Å². The van der Waals surface area contributed by atoms with Crippen LogP contribution in [-0.2, 0) is 4.79 Å². The number of nitrogens with one attached hydrogen (secondary N) is 1. The van der Waals surface area contributed by atoms with Crippen molar-refractivity contribution in [1.29, 1.82) is 0 Å². The first-order valence-corrected chi connectivity index (χ1v) is 4.52. The quantitative estimate of drug-likeness (QED) is 0.585. The molecule has 0 atom stereocenters. The minimum atomic E-state index is -0.105. The summed E-state index contributed by atoms with van der Waals surface area (Å²) in [6.07, 6.45) is 5.32. The molecule has 1 aliphatic heterocycles. The second-order valence-corrected chi connectivity index (χ2v) is 3.92. The first kappa shape index (κ1) is 10.1. The molecule has 1 saturated heterocycles. The van der Waals surface area contributed by atoms with Gasteiger partial charge in [0, 0.05) is 25.2 Å². The summed E-state index contributed by atoms with van der Waals surface area (Å²) >= 11 is 0. The van der Waals surface area contributed by atoms with Gasteiger partial charge in [-0.1, -0.05) is 5.92 Å². The van der Waals surface area contributed by atoms with Crippen LogP contribution in [0.1, 0.15) is 20.3 Å². The maximum absolute atomic E-state index is 11.6. The molecule has 0 aromatic carbocycles. The molecule has 1 fully saturated rings. The van der Waals surface area contributed by atoms with Gasteiger partial charge in [-0.3, -0.25) is 4.79 Å². The molecule has 0 radical (unpaired) electrons. The fourth-order valence-corrected chi connectivity index (χ4v) is 1.63. The molecule has 3 heteroatoms. The molecule has 0 aromatic rings. The van der Waals surface area contributed by atoms with Gasteiger partial charge in [-0.15, -0.1) is 6.42 Å². The van der Waals surface area contributed by atoms with Crippen molar-refractivity contribution < 1.29 is 4.79 Å². The van der Waals surface area contributed by atoms with Crippen LogP contribution in [0.5, 0.6) is 0 Å². The Kier molecular flexibility index (Phi) is 2.94. The van der Waals surface area contributed by atoms with Gasteiger partial charge >= 0.3 is 0 Å². The molecule has 1 N–H and O–H groups in total. The van der Waals surface area contributed by atoms with Crippen molar-refractivity contribution in [2.75, 3.05) is 19.6 Å². The number of terminal acetylenes is 1. The van der Waals surface area contributed by atoms with Crippen molar-refractivity contribution in [3.63, 3.8) is 0 Å². The van der Waals surface area contributed by atoms with Crippen LogP contribution in [-0.4, -0.2) is 36.0 Å². The SMILES string of the molecule is C#CCC(=O)N1CCNCC1(C)C. The lowest BCUT2D eigenvalue weighted by atomic mass is 10.00. The highest BCUT2D eigenvalue weighted by molar-refractivity contribution is 5.79. The van der Waals surface area contributed by atoms with Crippen LogP contribution in [0.4, 0.5) is 0 Å². The van der Waals surface area contributed by atoms with Crippen LogP contribution in [0.2, 0.25) is 0 Å². The highest BCUT2D eigenvalue weighted by atomic mass is 16.2. The molecule has 1 rings (SSSR count). The Morgan fingerprint density at radius 3 is 2.92 bits per heavy atom. The zero-order valence-electron chi connectivity index (χ0n) is 8.26. The van der Waals surface area contributed by atoms with Gasteiger partial charge in [-0.2, -0.15) is 0 Å². The van der Waals surface area contributed by atoms with E-state index in [1.165, 1.54) is 0 Å². The molecule has 0 bridgehead atoms. The number of rotatable bonds is 1. The third-order valence-corrected chi connectivity index (χ3v) is 2.35. The van der Waals surface area contributed by atoms with E-state index in [1.54, 1.807) is 0 Å². The third kappa shape index (κ3) is 2.22. The molecular formula is C10H16N2O. The Hall–Kier alpha value is -1.01. The lowest BCUT2D eigenvalue weighted by molar-refractivity contribution is -0.136. The Morgan fingerprint density at radius 2 is 2.38 bits per heavy atom. The lowest BCUT2D eigenvalue weighted by Crippen LogP contribution is -2.59. The maximum Gasteiger partial charge on any atom is 0.235 e. The second-order valence-electron chi connectivity index (χ2n) is 3.92. The minimum Gasteiger partial charge on any atom is -0.334 e. The number of nitrogens with zero attached hydrogens (tertiary/aromatic N) is 1. The topological polar surface area (TPSA) is 32.3 Å². The lowest BCUT2D eigenvalue weighted by Gasteiger charge is -2.42. The fourth-order valence-electron chi connectivity index (χ4n) is 1.63. The van der Waals surface area contributed by atoms with E-state index in [0.29, 0.717) is 0 Å². The predicted molar refractivity (Wildman–Crippen MR) is 52.1 cm³/mol. The standard InChI is InChI=1S/C10H16N2O/c1-4-5-9(13)12-7-6-11-8-10(12,2)3/h1,11H,5-8H2,2-3H3. The summed E-state index contributed by atoms with van der Waals surface area (Å²) in [7, 11) is 0. The van der Waals surface area contributed by atoms with Crippen molar-refractivity contribution in [3.8, 4) is 12.3 Å². The monoisotopic (exact) mass is 180 g/mol. The molecule has 3 nitrogen and oxygen atoms in total. The summed E-state index contributed by atoms with van der Waals surface area (Å²) in [5.74, 6) is 2.45. The summed E-state index contributed by atoms with van der Waals surface area (Å²) in [5.41, 5.74) is -0.105. The summed E-state index contributed by atoms with van der Waals surface area (Å²) < 4.78 is 0. The van der Waals surface area contributed by atoms with Crippen molar-refractivity contribution in [2.45, 2.75) is 25.8 Å².